The Hall–Kier alpha value is -5.00. The monoisotopic (exact) mass is 681 g/mol. The van der Waals surface area contributed by atoms with E-state index in [9.17, 15) is 27.2 Å². The van der Waals surface area contributed by atoms with Crippen LogP contribution >= 0.6 is 0 Å². The topological polar surface area (TPSA) is 114 Å². The Bertz CT molecular complexity index is 1910. The SMILES string of the molecule is C.CC1(C)CCc2c(-c3ccc(F)cc3F)cc(C(N)=O)nc2O1.CCOC(=O)c1cc(-c2ccc(F)cc2F)c2c(n1)OC(C)(C)CC2. The first-order valence-electron chi connectivity index (χ1n) is 15.4. The van der Waals surface area contributed by atoms with E-state index >= 15 is 0 Å². The molecule has 4 heterocycles. The van der Waals surface area contributed by atoms with Crippen LogP contribution in [0.4, 0.5) is 17.6 Å². The van der Waals surface area contributed by atoms with E-state index in [1.165, 1.54) is 36.4 Å². The number of esters is 1. The van der Waals surface area contributed by atoms with E-state index in [1.54, 1.807) is 6.92 Å². The quantitative estimate of drug-likeness (QED) is 0.167. The van der Waals surface area contributed by atoms with Crippen LogP contribution < -0.4 is 15.2 Å². The van der Waals surface area contributed by atoms with Gasteiger partial charge in [-0.15, -0.1) is 0 Å². The molecular weight excluding hydrogens is 642 g/mol. The molecule has 0 fully saturated rings. The molecule has 2 aliphatic heterocycles. The summed E-state index contributed by atoms with van der Waals surface area (Å²) in [5.41, 5.74) is 7.19. The van der Waals surface area contributed by atoms with Gasteiger partial charge in [0.1, 0.15) is 40.2 Å². The summed E-state index contributed by atoms with van der Waals surface area (Å²) in [7, 11) is 0. The molecular formula is C37H39F4N3O5. The predicted octanol–water partition coefficient (Wildman–Crippen LogP) is 8.17. The first-order chi connectivity index (χ1) is 22.6. The molecule has 0 unspecified atom stereocenters. The summed E-state index contributed by atoms with van der Waals surface area (Å²) >= 11 is 0. The van der Waals surface area contributed by atoms with E-state index in [-0.39, 0.29) is 42.4 Å². The number of benzene rings is 2. The highest BCUT2D eigenvalue weighted by Crippen LogP contribution is 2.40. The summed E-state index contributed by atoms with van der Waals surface area (Å²) in [6, 6.07) is 9.58. The highest BCUT2D eigenvalue weighted by Gasteiger charge is 2.33. The van der Waals surface area contributed by atoms with E-state index in [0.717, 1.165) is 18.6 Å². The number of aromatic nitrogens is 2. The summed E-state index contributed by atoms with van der Waals surface area (Å²) in [5.74, 6) is -3.51. The zero-order valence-corrected chi connectivity index (χ0v) is 27.2. The number of fused-ring (bicyclic) bond motifs is 2. The number of nitrogens with zero attached hydrogens (tertiary/aromatic N) is 2. The molecule has 8 nitrogen and oxygen atoms in total. The lowest BCUT2D eigenvalue weighted by molar-refractivity contribution is 0.0506. The van der Waals surface area contributed by atoms with Gasteiger partial charge in [-0.2, -0.15) is 0 Å². The molecule has 2 aromatic heterocycles. The van der Waals surface area contributed by atoms with Crippen LogP contribution in [-0.2, 0) is 17.6 Å². The fourth-order valence-electron chi connectivity index (χ4n) is 5.56. The van der Waals surface area contributed by atoms with Gasteiger partial charge in [0, 0.05) is 34.4 Å². The second-order valence-electron chi connectivity index (χ2n) is 12.7. The number of carbonyl (C=O) groups is 2. The largest absolute Gasteiger partial charge is 0.471 e. The lowest BCUT2D eigenvalue weighted by atomic mass is 9.90. The minimum absolute atomic E-state index is 0. The maximum Gasteiger partial charge on any atom is 0.357 e. The fraction of sp³-hybridized carbons (Fsp3) is 0.351. The first kappa shape index (κ1) is 36.8. The summed E-state index contributed by atoms with van der Waals surface area (Å²) in [5, 5.41) is 0. The summed E-state index contributed by atoms with van der Waals surface area (Å²) in [6.07, 6.45) is 2.66. The second-order valence-corrected chi connectivity index (χ2v) is 12.7. The number of carbonyl (C=O) groups excluding carboxylic acids is 2. The maximum absolute atomic E-state index is 14.3. The zero-order valence-electron chi connectivity index (χ0n) is 27.2. The molecule has 0 saturated carbocycles. The van der Waals surface area contributed by atoms with Gasteiger partial charge in [0.2, 0.25) is 11.8 Å². The highest BCUT2D eigenvalue weighted by atomic mass is 19.1. The Morgan fingerprint density at radius 3 is 1.57 bits per heavy atom. The molecule has 260 valence electrons. The molecule has 0 atom stereocenters. The van der Waals surface area contributed by atoms with Crippen molar-refractivity contribution in [2.75, 3.05) is 6.61 Å². The standard InChI is InChI=1S/C19H19F2NO3.C17H16F2N2O2.CH4/c1-4-24-18(23)16-10-14(12-6-5-11(20)9-15(12)21)13-7-8-19(2,3)25-17(13)22-16;1-17(2)6-5-11-12(10-4-3-9(18)7-13(10)19)8-14(15(20)22)21-16(11)23-17;/h5-6,9-10H,4,7-8H2,1-3H3;3-4,7-8H,5-6H2,1-2H3,(H2,20,22);1H4. The van der Waals surface area contributed by atoms with Gasteiger partial charge in [-0.3, -0.25) is 4.79 Å². The zero-order chi connectivity index (χ0) is 35.0. The second kappa shape index (κ2) is 14.2. The molecule has 2 N–H and O–H groups in total. The van der Waals surface area contributed by atoms with Crippen molar-refractivity contribution in [1.82, 2.24) is 9.97 Å². The van der Waals surface area contributed by atoms with Crippen molar-refractivity contribution < 1.29 is 41.4 Å². The Balaban J connectivity index is 0.000000217. The van der Waals surface area contributed by atoms with Crippen molar-refractivity contribution in [3.05, 3.63) is 94.3 Å². The van der Waals surface area contributed by atoms with Crippen LogP contribution in [0.2, 0.25) is 0 Å². The normalized spacial score (nSPS) is 15.1. The Labute approximate surface area is 282 Å². The van der Waals surface area contributed by atoms with Crippen molar-refractivity contribution in [2.45, 2.75) is 78.9 Å². The third-order valence-electron chi connectivity index (χ3n) is 8.05. The number of hydrogen-bond acceptors (Lipinski definition) is 7. The van der Waals surface area contributed by atoms with Gasteiger partial charge in [-0.1, -0.05) is 7.43 Å². The van der Waals surface area contributed by atoms with Crippen molar-refractivity contribution in [3.63, 3.8) is 0 Å². The molecule has 0 radical (unpaired) electrons. The predicted molar refractivity (Wildman–Crippen MR) is 176 cm³/mol. The fourth-order valence-corrected chi connectivity index (χ4v) is 5.56. The van der Waals surface area contributed by atoms with Crippen LogP contribution in [-0.4, -0.2) is 39.7 Å². The Morgan fingerprint density at radius 1 is 0.735 bits per heavy atom. The van der Waals surface area contributed by atoms with Crippen LogP contribution in [0.3, 0.4) is 0 Å². The van der Waals surface area contributed by atoms with Gasteiger partial charge in [-0.05, 0) is 108 Å². The van der Waals surface area contributed by atoms with Crippen LogP contribution in [0.15, 0.2) is 48.5 Å². The van der Waals surface area contributed by atoms with Crippen molar-refractivity contribution in [1.29, 1.82) is 0 Å². The molecule has 2 aliphatic rings. The third-order valence-corrected chi connectivity index (χ3v) is 8.05. The Morgan fingerprint density at radius 2 is 1.16 bits per heavy atom. The van der Waals surface area contributed by atoms with E-state index in [0.29, 0.717) is 47.4 Å². The minimum atomic E-state index is -0.733. The van der Waals surface area contributed by atoms with Gasteiger partial charge < -0.3 is 19.9 Å². The highest BCUT2D eigenvalue weighted by molar-refractivity contribution is 5.93. The lowest BCUT2D eigenvalue weighted by Crippen LogP contribution is -2.34. The van der Waals surface area contributed by atoms with E-state index < -0.39 is 46.3 Å². The van der Waals surface area contributed by atoms with Gasteiger partial charge in [0.05, 0.1) is 6.61 Å². The van der Waals surface area contributed by atoms with Crippen LogP contribution in [0.1, 0.15) is 87.0 Å². The van der Waals surface area contributed by atoms with E-state index in [1.807, 2.05) is 27.7 Å². The van der Waals surface area contributed by atoms with Crippen LogP contribution in [0, 0.1) is 23.3 Å². The summed E-state index contributed by atoms with van der Waals surface area (Å²) in [4.78, 5) is 32.1. The van der Waals surface area contributed by atoms with Crippen molar-refractivity contribution in [3.8, 4) is 34.0 Å². The number of primary amides is 1. The Kier molecular flexibility index (Phi) is 10.7. The molecule has 4 aromatic rings. The number of pyridine rings is 2. The molecule has 0 spiro atoms. The molecule has 12 heteroatoms. The maximum atomic E-state index is 14.3. The number of halogens is 4. The summed E-state index contributed by atoms with van der Waals surface area (Å²) in [6.45, 7) is 9.56. The average Bonchev–Trinajstić information content (AvgIpc) is 2.99. The molecule has 6 rings (SSSR count). The first-order valence-corrected chi connectivity index (χ1v) is 15.4. The van der Waals surface area contributed by atoms with Gasteiger partial charge in [0.25, 0.3) is 5.91 Å². The van der Waals surface area contributed by atoms with Crippen molar-refractivity contribution in [2.24, 2.45) is 5.73 Å². The van der Waals surface area contributed by atoms with E-state index in [2.05, 4.69) is 9.97 Å². The number of nitrogens with two attached hydrogens (primary N) is 1. The molecule has 0 bridgehead atoms. The number of amides is 1. The average molecular weight is 682 g/mol. The molecule has 49 heavy (non-hydrogen) atoms. The summed E-state index contributed by atoms with van der Waals surface area (Å²) < 4.78 is 71.6. The number of rotatable bonds is 5. The lowest BCUT2D eigenvalue weighted by Gasteiger charge is -2.33. The van der Waals surface area contributed by atoms with Gasteiger partial charge in [-0.25, -0.2) is 32.3 Å². The number of ether oxygens (including phenoxy) is 3. The van der Waals surface area contributed by atoms with E-state index in [4.69, 9.17) is 19.9 Å². The molecule has 0 aliphatic carbocycles. The van der Waals surface area contributed by atoms with Crippen molar-refractivity contribution >= 4 is 11.9 Å². The smallest absolute Gasteiger partial charge is 0.357 e. The number of hydrogen-bond donors (Lipinski definition) is 1. The van der Waals surface area contributed by atoms with Gasteiger partial charge >= 0.3 is 5.97 Å². The molecule has 1 amide bonds. The third kappa shape index (κ3) is 8.18. The molecule has 2 aromatic carbocycles. The minimum Gasteiger partial charge on any atom is -0.471 e. The van der Waals surface area contributed by atoms with Crippen LogP contribution in [0.5, 0.6) is 11.8 Å². The van der Waals surface area contributed by atoms with Gasteiger partial charge in [0.15, 0.2) is 5.69 Å². The molecule has 0 saturated heterocycles. The van der Waals surface area contributed by atoms with Crippen LogP contribution in [0.25, 0.3) is 22.3 Å².